The third kappa shape index (κ3) is 5.68. The van der Waals surface area contributed by atoms with Crippen molar-refractivity contribution in [3.63, 3.8) is 0 Å². The molecular formula is C10H10FeOP+. The molecule has 0 atom stereocenters. The third-order valence-corrected chi connectivity index (χ3v) is 1.85. The molecule has 0 spiro atoms. The summed E-state index contributed by atoms with van der Waals surface area (Å²) in [7, 11) is 0.365. The number of allylic oxidation sites excluding steroid dienone is 4. The summed E-state index contributed by atoms with van der Waals surface area (Å²) in [6.07, 6.45) is 7.56. The standard InChI is InChI=1S/C5H5OP.C5H5.Fe/c6-7-5-3-1-2-4-5;1-2-4-5-3-1;/h1-4,6H;1-5H;/q;-1;+2. The summed E-state index contributed by atoms with van der Waals surface area (Å²) in [6, 6.07) is 10.0. The van der Waals surface area contributed by atoms with Crippen LogP contribution < -0.4 is 0 Å². The monoisotopic (exact) mass is 233 g/mol. The van der Waals surface area contributed by atoms with E-state index in [1.807, 2.05) is 54.6 Å². The Morgan fingerprint density at radius 1 is 1.08 bits per heavy atom. The molecule has 0 aromatic heterocycles. The fraction of sp³-hybridized carbons (Fsp3) is 0. The van der Waals surface area contributed by atoms with Crippen LogP contribution in [0.15, 0.2) is 54.6 Å². The van der Waals surface area contributed by atoms with Crippen molar-refractivity contribution in [2.75, 3.05) is 0 Å². The van der Waals surface area contributed by atoms with Gasteiger partial charge in [0.15, 0.2) is 0 Å². The van der Waals surface area contributed by atoms with Crippen molar-refractivity contribution in [1.82, 2.24) is 0 Å². The summed E-state index contributed by atoms with van der Waals surface area (Å²) in [5.41, 5.74) is 0. The number of hydrogen-bond donors (Lipinski definition) is 1. The van der Waals surface area contributed by atoms with Gasteiger partial charge < -0.3 is 4.89 Å². The quantitative estimate of drug-likeness (QED) is 0.414. The molecule has 0 unspecified atom stereocenters. The van der Waals surface area contributed by atoms with Gasteiger partial charge in [-0.1, -0.05) is 12.2 Å². The molecule has 0 saturated heterocycles. The van der Waals surface area contributed by atoms with Crippen molar-refractivity contribution in [3.05, 3.63) is 54.6 Å². The Morgan fingerprint density at radius 3 is 1.85 bits per heavy atom. The van der Waals surface area contributed by atoms with Crippen molar-refractivity contribution >= 4 is 13.7 Å². The minimum Gasteiger partial charge on any atom is -0.341 e. The van der Waals surface area contributed by atoms with E-state index in [2.05, 4.69) is 0 Å². The van der Waals surface area contributed by atoms with E-state index < -0.39 is 0 Å². The van der Waals surface area contributed by atoms with Gasteiger partial charge in [-0.05, 0) is 12.2 Å². The van der Waals surface area contributed by atoms with Gasteiger partial charge in [0.25, 0.3) is 0 Å². The Labute approximate surface area is 90.5 Å². The van der Waals surface area contributed by atoms with Crippen LogP contribution in [0.3, 0.4) is 0 Å². The van der Waals surface area contributed by atoms with Gasteiger partial charge in [-0.2, -0.15) is 18.2 Å². The molecule has 0 aliphatic heterocycles. The van der Waals surface area contributed by atoms with E-state index in [0.717, 1.165) is 5.29 Å². The molecule has 0 heterocycles. The second-order valence-electron chi connectivity index (χ2n) is 2.21. The summed E-state index contributed by atoms with van der Waals surface area (Å²) in [4.78, 5) is 8.40. The van der Waals surface area contributed by atoms with Crippen LogP contribution in [0.25, 0.3) is 0 Å². The average molecular weight is 233 g/mol. The Bertz CT molecular complexity index is 255. The molecule has 0 saturated carbocycles. The van der Waals surface area contributed by atoms with Gasteiger partial charge >= 0.3 is 17.1 Å². The van der Waals surface area contributed by atoms with Crippen LogP contribution in [0.4, 0.5) is 0 Å². The van der Waals surface area contributed by atoms with Gasteiger partial charge in [0, 0.05) is 5.29 Å². The largest absolute Gasteiger partial charge is 2.00 e. The Morgan fingerprint density at radius 2 is 1.62 bits per heavy atom. The van der Waals surface area contributed by atoms with Crippen LogP contribution in [0.2, 0.25) is 0 Å². The van der Waals surface area contributed by atoms with Crippen LogP contribution in [0.5, 0.6) is 0 Å². The Kier molecular flexibility index (Phi) is 7.77. The van der Waals surface area contributed by atoms with Crippen molar-refractivity contribution in [3.8, 4) is 0 Å². The second kappa shape index (κ2) is 8.09. The zero-order valence-corrected chi connectivity index (χ0v) is 8.94. The van der Waals surface area contributed by atoms with E-state index in [-0.39, 0.29) is 17.1 Å². The molecule has 3 heteroatoms. The Balaban J connectivity index is 0.000000215. The van der Waals surface area contributed by atoms with Gasteiger partial charge in [0.2, 0.25) is 0 Å². The molecule has 1 N–H and O–H groups in total. The molecule has 2 rings (SSSR count). The first kappa shape index (κ1) is 12.5. The van der Waals surface area contributed by atoms with Gasteiger partial charge in [-0.15, -0.1) is 0 Å². The molecule has 0 fully saturated rings. The summed E-state index contributed by atoms with van der Waals surface area (Å²) < 4.78 is 0. The minimum atomic E-state index is 0. The molecule has 0 bridgehead atoms. The zero-order valence-electron chi connectivity index (χ0n) is 6.94. The fourth-order valence-corrected chi connectivity index (χ4v) is 1.06. The zero-order chi connectivity index (χ0) is 8.65. The van der Waals surface area contributed by atoms with Crippen LogP contribution in [0, 0.1) is 0 Å². The summed E-state index contributed by atoms with van der Waals surface area (Å²) in [6.45, 7) is 0. The summed E-state index contributed by atoms with van der Waals surface area (Å²) >= 11 is 0. The Hall–Kier alpha value is -0.521. The van der Waals surface area contributed by atoms with E-state index in [0.29, 0.717) is 8.43 Å². The van der Waals surface area contributed by atoms with Gasteiger partial charge in [0.05, 0.1) is 8.43 Å². The maximum absolute atomic E-state index is 8.40. The van der Waals surface area contributed by atoms with E-state index in [1.165, 1.54) is 0 Å². The van der Waals surface area contributed by atoms with Crippen molar-refractivity contribution in [2.24, 2.45) is 0 Å². The normalized spacial score (nSPS) is 12.2. The predicted molar refractivity (Wildman–Crippen MR) is 54.5 cm³/mol. The van der Waals surface area contributed by atoms with E-state index in [4.69, 9.17) is 4.89 Å². The van der Waals surface area contributed by atoms with Crippen molar-refractivity contribution in [2.45, 2.75) is 0 Å². The minimum absolute atomic E-state index is 0. The van der Waals surface area contributed by atoms with Crippen LogP contribution >= 0.6 is 8.43 Å². The van der Waals surface area contributed by atoms with E-state index in [1.54, 1.807) is 0 Å². The molecule has 0 radical (unpaired) electrons. The molecule has 1 nitrogen and oxygen atoms in total. The first-order valence-electron chi connectivity index (χ1n) is 3.67. The molecule has 1 aliphatic carbocycles. The first-order valence-corrected chi connectivity index (χ1v) is 4.51. The maximum atomic E-state index is 8.40. The molecule has 1 aromatic rings. The molecule has 68 valence electrons. The maximum Gasteiger partial charge on any atom is 2.00 e. The molecular weight excluding hydrogens is 223 g/mol. The SMILES string of the molecule is OP=C1C=CC=C1.[Fe+2].c1cc[cH-]c1. The van der Waals surface area contributed by atoms with Gasteiger partial charge in [-0.25, -0.2) is 12.1 Å². The van der Waals surface area contributed by atoms with Crippen molar-refractivity contribution < 1.29 is 22.0 Å². The smallest absolute Gasteiger partial charge is 0.341 e. The predicted octanol–water partition coefficient (Wildman–Crippen LogP) is 2.54. The van der Waals surface area contributed by atoms with Gasteiger partial charge in [0.1, 0.15) is 0 Å². The summed E-state index contributed by atoms with van der Waals surface area (Å²) in [5.74, 6) is 0. The van der Waals surface area contributed by atoms with Crippen LogP contribution in [-0.4, -0.2) is 10.2 Å². The second-order valence-corrected chi connectivity index (χ2v) is 2.92. The van der Waals surface area contributed by atoms with Crippen LogP contribution in [-0.2, 0) is 17.1 Å². The molecule has 0 amide bonds. The molecule has 1 aromatic carbocycles. The topological polar surface area (TPSA) is 20.2 Å². The van der Waals surface area contributed by atoms with E-state index >= 15 is 0 Å². The number of rotatable bonds is 0. The fourth-order valence-electron chi connectivity index (χ4n) is 0.751. The third-order valence-electron chi connectivity index (χ3n) is 1.32. The van der Waals surface area contributed by atoms with Crippen LogP contribution in [0.1, 0.15) is 0 Å². The van der Waals surface area contributed by atoms with E-state index in [9.17, 15) is 0 Å². The average Bonchev–Trinajstić information content (AvgIpc) is 2.81. The van der Waals surface area contributed by atoms with Crippen molar-refractivity contribution in [1.29, 1.82) is 0 Å². The summed E-state index contributed by atoms with van der Waals surface area (Å²) in [5, 5.41) is 0.958. The number of hydrogen-bond acceptors (Lipinski definition) is 1. The first-order chi connectivity index (χ1) is 5.93. The van der Waals surface area contributed by atoms with Gasteiger partial charge in [-0.3, -0.25) is 0 Å². The molecule has 13 heavy (non-hydrogen) atoms. The molecule has 1 aliphatic rings.